The van der Waals surface area contributed by atoms with E-state index in [1.54, 1.807) is 0 Å². The van der Waals surface area contributed by atoms with E-state index < -0.39 is 10.9 Å². The Morgan fingerprint density at radius 1 is 1.50 bits per heavy atom. The van der Waals surface area contributed by atoms with E-state index in [9.17, 15) is 14.9 Å². The van der Waals surface area contributed by atoms with Crippen molar-refractivity contribution in [2.45, 2.75) is 6.92 Å². The summed E-state index contributed by atoms with van der Waals surface area (Å²) in [7, 11) is 0. The van der Waals surface area contributed by atoms with Crippen LogP contribution in [0.15, 0.2) is 12.1 Å². The number of pyridine rings is 1. The third kappa shape index (κ3) is 1.28. The lowest BCUT2D eigenvalue weighted by molar-refractivity contribution is -0.383. The van der Waals surface area contributed by atoms with Crippen molar-refractivity contribution in [2.24, 2.45) is 0 Å². The normalized spacial score (nSPS) is 10.6. The lowest BCUT2D eigenvalue weighted by atomic mass is 10.3. The third-order valence-electron chi connectivity index (χ3n) is 2.11. The number of fused-ring (bicyclic) bond motifs is 1. The SMILES string of the molecule is Cc1nnc2c([N+](=O)[O-])ccc(C(=O)O)n12. The third-order valence-corrected chi connectivity index (χ3v) is 2.11. The molecule has 0 aromatic carbocycles. The summed E-state index contributed by atoms with van der Waals surface area (Å²) in [4.78, 5) is 21.0. The average molecular weight is 222 g/mol. The number of nitrogens with zero attached hydrogens (tertiary/aromatic N) is 4. The number of hydrogen-bond donors (Lipinski definition) is 1. The molecule has 0 aliphatic heterocycles. The summed E-state index contributed by atoms with van der Waals surface area (Å²) in [6.45, 7) is 1.52. The molecule has 2 aromatic heterocycles. The Hall–Kier alpha value is -2.51. The molecule has 0 amide bonds. The Morgan fingerprint density at radius 2 is 2.19 bits per heavy atom. The van der Waals surface area contributed by atoms with Crippen molar-refractivity contribution in [2.75, 3.05) is 0 Å². The van der Waals surface area contributed by atoms with Gasteiger partial charge < -0.3 is 5.11 Å². The van der Waals surface area contributed by atoms with Gasteiger partial charge in [0.25, 0.3) is 0 Å². The zero-order valence-corrected chi connectivity index (χ0v) is 8.12. The van der Waals surface area contributed by atoms with Crippen LogP contribution in [0.5, 0.6) is 0 Å². The molecule has 2 aromatic rings. The Labute approximate surface area is 88.3 Å². The number of rotatable bonds is 2. The quantitative estimate of drug-likeness (QED) is 0.589. The monoisotopic (exact) mass is 222 g/mol. The number of aryl methyl sites for hydroxylation is 1. The van der Waals surface area contributed by atoms with E-state index in [1.807, 2.05) is 0 Å². The van der Waals surface area contributed by atoms with E-state index in [2.05, 4.69) is 10.2 Å². The van der Waals surface area contributed by atoms with Gasteiger partial charge in [-0.2, -0.15) is 0 Å². The first-order valence-electron chi connectivity index (χ1n) is 4.25. The maximum absolute atomic E-state index is 10.9. The minimum Gasteiger partial charge on any atom is -0.477 e. The van der Waals surface area contributed by atoms with Crippen LogP contribution in [0, 0.1) is 17.0 Å². The average Bonchev–Trinajstić information content (AvgIpc) is 2.59. The van der Waals surface area contributed by atoms with Gasteiger partial charge in [-0.15, -0.1) is 10.2 Å². The molecular formula is C8H6N4O4. The van der Waals surface area contributed by atoms with Crippen molar-refractivity contribution >= 4 is 17.3 Å². The van der Waals surface area contributed by atoms with E-state index in [1.165, 1.54) is 6.92 Å². The van der Waals surface area contributed by atoms with Crippen LogP contribution >= 0.6 is 0 Å². The van der Waals surface area contributed by atoms with E-state index in [0.717, 1.165) is 16.5 Å². The molecular weight excluding hydrogens is 216 g/mol. The van der Waals surface area contributed by atoms with Crippen molar-refractivity contribution in [1.29, 1.82) is 0 Å². The van der Waals surface area contributed by atoms with Gasteiger partial charge in [-0.05, 0) is 13.0 Å². The standard InChI is InChI=1S/C8H6N4O4/c1-4-9-10-7-5(12(15)16)2-3-6(8(13)14)11(4)7/h2-3H,1H3,(H,13,14). The highest BCUT2D eigenvalue weighted by Crippen LogP contribution is 2.20. The van der Waals surface area contributed by atoms with Crippen LogP contribution in [-0.2, 0) is 0 Å². The molecule has 2 heterocycles. The van der Waals surface area contributed by atoms with Gasteiger partial charge in [0.05, 0.1) is 4.92 Å². The highest BCUT2D eigenvalue weighted by molar-refractivity contribution is 5.87. The number of hydrogen-bond acceptors (Lipinski definition) is 5. The van der Waals surface area contributed by atoms with Crippen LogP contribution in [0.2, 0.25) is 0 Å². The zero-order valence-electron chi connectivity index (χ0n) is 8.12. The Bertz CT molecular complexity index is 603. The molecule has 16 heavy (non-hydrogen) atoms. The van der Waals surface area contributed by atoms with Crippen LogP contribution in [-0.4, -0.2) is 30.6 Å². The zero-order chi connectivity index (χ0) is 11.9. The molecule has 0 radical (unpaired) electrons. The van der Waals surface area contributed by atoms with Gasteiger partial charge in [0.15, 0.2) is 0 Å². The smallest absolute Gasteiger partial charge is 0.352 e. The van der Waals surface area contributed by atoms with Gasteiger partial charge in [-0.25, -0.2) is 4.79 Å². The Balaban J connectivity index is 2.90. The number of carbonyl (C=O) groups is 1. The molecule has 0 atom stereocenters. The van der Waals surface area contributed by atoms with Crippen LogP contribution < -0.4 is 0 Å². The predicted octanol–water partition coefficient (Wildman–Crippen LogP) is 0.644. The number of nitro groups is 1. The molecule has 1 N–H and O–H groups in total. The minimum atomic E-state index is -1.19. The van der Waals surface area contributed by atoms with Gasteiger partial charge >= 0.3 is 11.7 Å². The second kappa shape index (κ2) is 3.26. The number of carboxylic acids is 1. The van der Waals surface area contributed by atoms with E-state index in [0.29, 0.717) is 0 Å². The summed E-state index contributed by atoms with van der Waals surface area (Å²) in [5.41, 5.74) is -0.448. The van der Waals surface area contributed by atoms with Crippen molar-refractivity contribution in [3.8, 4) is 0 Å². The topological polar surface area (TPSA) is 111 Å². The van der Waals surface area contributed by atoms with Crippen LogP contribution in [0.3, 0.4) is 0 Å². The molecule has 0 spiro atoms. The van der Waals surface area contributed by atoms with Crippen molar-refractivity contribution in [3.63, 3.8) is 0 Å². The van der Waals surface area contributed by atoms with Gasteiger partial charge in [0, 0.05) is 6.07 Å². The number of carboxylic acid groups (broad SMARTS) is 1. The first-order chi connectivity index (χ1) is 7.52. The first kappa shape index (κ1) is 10.0. The van der Waals surface area contributed by atoms with Gasteiger partial charge in [-0.1, -0.05) is 0 Å². The molecule has 0 fully saturated rings. The van der Waals surface area contributed by atoms with Crippen LogP contribution in [0.1, 0.15) is 16.3 Å². The van der Waals surface area contributed by atoms with Crippen molar-refractivity contribution in [3.05, 3.63) is 33.8 Å². The number of aromatic carboxylic acids is 1. The second-order valence-corrected chi connectivity index (χ2v) is 3.07. The molecule has 0 bridgehead atoms. The first-order valence-corrected chi connectivity index (χ1v) is 4.25. The van der Waals surface area contributed by atoms with Crippen molar-refractivity contribution in [1.82, 2.24) is 14.6 Å². The molecule has 0 unspecified atom stereocenters. The van der Waals surface area contributed by atoms with E-state index >= 15 is 0 Å². The summed E-state index contributed by atoms with van der Waals surface area (Å²) in [6, 6.07) is 2.26. The molecule has 8 heteroatoms. The highest BCUT2D eigenvalue weighted by atomic mass is 16.6. The maximum Gasteiger partial charge on any atom is 0.352 e. The lowest BCUT2D eigenvalue weighted by Gasteiger charge is -2.01. The highest BCUT2D eigenvalue weighted by Gasteiger charge is 2.21. The van der Waals surface area contributed by atoms with Gasteiger partial charge in [0.1, 0.15) is 11.5 Å². The second-order valence-electron chi connectivity index (χ2n) is 3.07. The lowest BCUT2D eigenvalue weighted by Crippen LogP contribution is -2.07. The number of aromatic nitrogens is 3. The molecule has 2 rings (SSSR count). The summed E-state index contributed by atoms with van der Waals surface area (Å²) in [5.74, 6) is -0.904. The molecule has 82 valence electrons. The fourth-order valence-corrected chi connectivity index (χ4v) is 1.43. The fraction of sp³-hybridized carbons (Fsp3) is 0.125. The summed E-state index contributed by atoms with van der Waals surface area (Å²) in [6.07, 6.45) is 0. The molecule has 0 aliphatic rings. The van der Waals surface area contributed by atoms with Crippen LogP contribution in [0.25, 0.3) is 5.65 Å². The van der Waals surface area contributed by atoms with Gasteiger partial charge in [0.2, 0.25) is 5.65 Å². The largest absolute Gasteiger partial charge is 0.477 e. The minimum absolute atomic E-state index is 0.0672. The summed E-state index contributed by atoms with van der Waals surface area (Å²) in [5, 5.41) is 26.8. The summed E-state index contributed by atoms with van der Waals surface area (Å²) >= 11 is 0. The van der Waals surface area contributed by atoms with E-state index in [4.69, 9.17) is 5.11 Å². The molecule has 0 saturated heterocycles. The Morgan fingerprint density at radius 3 is 2.75 bits per heavy atom. The summed E-state index contributed by atoms with van der Waals surface area (Å²) < 4.78 is 1.14. The predicted molar refractivity (Wildman–Crippen MR) is 51.3 cm³/mol. The Kier molecular flexibility index (Phi) is 2.04. The molecule has 0 saturated carbocycles. The fourth-order valence-electron chi connectivity index (χ4n) is 1.43. The molecule has 8 nitrogen and oxygen atoms in total. The molecule has 0 aliphatic carbocycles. The van der Waals surface area contributed by atoms with Gasteiger partial charge in [-0.3, -0.25) is 14.5 Å². The van der Waals surface area contributed by atoms with Crippen molar-refractivity contribution < 1.29 is 14.8 Å². The maximum atomic E-state index is 10.9. The van der Waals surface area contributed by atoms with E-state index in [-0.39, 0.29) is 22.9 Å². The van der Waals surface area contributed by atoms with Crippen LogP contribution in [0.4, 0.5) is 5.69 Å².